The van der Waals surface area contributed by atoms with Gasteiger partial charge in [0.1, 0.15) is 11.4 Å². The van der Waals surface area contributed by atoms with E-state index < -0.39 is 0 Å². The van der Waals surface area contributed by atoms with Gasteiger partial charge >= 0.3 is 6.01 Å². The molecule has 0 saturated carbocycles. The molecule has 2 aromatic rings. The van der Waals surface area contributed by atoms with E-state index in [2.05, 4.69) is 64.6 Å². The van der Waals surface area contributed by atoms with Crippen molar-refractivity contribution >= 4 is 11.7 Å². The predicted molar refractivity (Wildman–Crippen MR) is 156 cm³/mol. The first-order valence-corrected chi connectivity index (χ1v) is 14.2. The molecule has 40 heavy (non-hydrogen) atoms. The van der Waals surface area contributed by atoms with Gasteiger partial charge in [-0.3, -0.25) is 4.79 Å². The number of benzene rings is 1. The number of rotatable bonds is 3. The molecule has 1 aromatic heterocycles. The molecule has 9 heteroatoms. The van der Waals surface area contributed by atoms with Crippen LogP contribution in [0.15, 0.2) is 36.9 Å². The highest BCUT2D eigenvalue weighted by atomic mass is 16.5. The minimum Gasteiger partial charge on any atom is -0.467 e. The maximum Gasteiger partial charge on any atom is 0.321 e. The Kier molecular flexibility index (Phi) is 9.64. The number of ether oxygens (including phenoxy) is 2. The van der Waals surface area contributed by atoms with Crippen molar-refractivity contribution in [3.05, 3.63) is 53.6 Å². The molecule has 4 heterocycles. The number of fused-ring (bicyclic) bond motifs is 3. The Balaban J connectivity index is 0.000000354. The van der Waals surface area contributed by atoms with Gasteiger partial charge in [-0.1, -0.05) is 37.8 Å². The Bertz CT molecular complexity index is 1230. The number of amides is 1. The second-order valence-electron chi connectivity index (χ2n) is 10.8. The second kappa shape index (κ2) is 13.1. The monoisotopic (exact) mass is 546 g/mol. The fourth-order valence-corrected chi connectivity index (χ4v) is 6.17. The lowest BCUT2D eigenvalue weighted by atomic mass is 9.81. The number of carbonyl (C=O) groups is 1. The van der Waals surface area contributed by atoms with Crippen molar-refractivity contribution < 1.29 is 14.3 Å². The number of nitrogens with zero attached hydrogens (tertiary/aromatic N) is 6. The fraction of sp³-hybridized carbons (Fsp3) is 0.548. The number of aromatic nitrogens is 2. The van der Waals surface area contributed by atoms with Gasteiger partial charge in [-0.25, -0.2) is 0 Å². The van der Waals surface area contributed by atoms with Crippen LogP contribution in [0.3, 0.4) is 0 Å². The molecular formula is C31H42N6O3. The van der Waals surface area contributed by atoms with E-state index in [-0.39, 0.29) is 11.5 Å². The topological polar surface area (TPSA) is 94.8 Å². The fourth-order valence-electron chi connectivity index (χ4n) is 6.17. The number of carbonyl (C=O) groups excluding carboxylic acids is 1. The Morgan fingerprint density at radius 1 is 1.18 bits per heavy atom. The number of hydrogen-bond acceptors (Lipinski definition) is 8. The van der Waals surface area contributed by atoms with Gasteiger partial charge in [-0.2, -0.15) is 15.2 Å². The van der Waals surface area contributed by atoms with Crippen LogP contribution in [0.4, 0.5) is 5.82 Å². The summed E-state index contributed by atoms with van der Waals surface area (Å²) in [4.78, 5) is 27.6. The van der Waals surface area contributed by atoms with E-state index in [1.807, 2.05) is 4.90 Å². The molecular weight excluding hydrogens is 504 g/mol. The summed E-state index contributed by atoms with van der Waals surface area (Å²) in [6.07, 6.45) is 6.96. The van der Waals surface area contributed by atoms with E-state index in [1.54, 1.807) is 13.2 Å². The highest BCUT2D eigenvalue weighted by molar-refractivity contribution is 5.87. The number of anilines is 1. The van der Waals surface area contributed by atoms with Gasteiger partial charge < -0.3 is 24.2 Å². The maximum absolute atomic E-state index is 11.9. The highest BCUT2D eigenvalue weighted by Crippen LogP contribution is 2.51. The van der Waals surface area contributed by atoms with Gasteiger partial charge in [0.2, 0.25) is 11.8 Å². The second-order valence-corrected chi connectivity index (χ2v) is 10.8. The third-order valence-electron chi connectivity index (χ3n) is 8.33. The summed E-state index contributed by atoms with van der Waals surface area (Å²) >= 11 is 0. The van der Waals surface area contributed by atoms with Crippen molar-refractivity contribution in [2.24, 2.45) is 5.92 Å². The molecule has 9 nitrogen and oxygen atoms in total. The van der Waals surface area contributed by atoms with Crippen LogP contribution in [-0.2, 0) is 23.2 Å². The molecule has 1 aliphatic carbocycles. The van der Waals surface area contributed by atoms with Crippen molar-refractivity contribution in [3.63, 3.8) is 0 Å². The van der Waals surface area contributed by atoms with Crippen LogP contribution in [0.2, 0.25) is 0 Å². The molecule has 1 spiro atoms. The molecule has 2 fully saturated rings. The lowest BCUT2D eigenvalue weighted by molar-refractivity contribution is -0.126. The zero-order chi connectivity index (χ0) is 28.7. The van der Waals surface area contributed by atoms with Crippen LogP contribution in [0.1, 0.15) is 49.8 Å². The maximum atomic E-state index is 11.9. The summed E-state index contributed by atoms with van der Waals surface area (Å²) < 4.78 is 12.2. The lowest BCUT2D eigenvalue weighted by Gasteiger charge is -2.41. The molecule has 2 saturated heterocycles. The van der Waals surface area contributed by atoms with E-state index in [0.717, 1.165) is 30.6 Å². The third kappa shape index (κ3) is 6.07. The molecule has 2 atom stereocenters. The highest BCUT2D eigenvalue weighted by Gasteiger charge is 2.49. The van der Waals surface area contributed by atoms with E-state index in [0.29, 0.717) is 44.0 Å². The minimum absolute atomic E-state index is 0.0268. The normalized spacial score (nSPS) is 22.9. The van der Waals surface area contributed by atoms with Gasteiger partial charge in [0.05, 0.1) is 18.7 Å². The standard InChI is InChI=1S/C24H28N4O3.C5H11N.C2H3N/c1-4-20(29)27-11-13-28(14-12-27)21-18-9-10-24(31-22(18)26-23(25-21)30-3)16(2)15-17-7-5-6-8-19(17)24;1-6-4-2-3-5-6;1-2-3/h4-8,16H,1,9-15H2,2-3H3;2-5H2,1H3;1H3. The predicted octanol–water partition coefficient (Wildman–Crippen LogP) is 3.97. The molecule has 0 bridgehead atoms. The summed E-state index contributed by atoms with van der Waals surface area (Å²) in [7, 11) is 3.76. The third-order valence-corrected chi connectivity index (χ3v) is 8.33. The summed E-state index contributed by atoms with van der Waals surface area (Å²) in [6, 6.07) is 10.7. The van der Waals surface area contributed by atoms with Gasteiger partial charge in [0.15, 0.2) is 0 Å². The molecule has 214 valence electrons. The zero-order valence-corrected chi connectivity index (χ0v) is 24.4. The number of methoxy groups -OCH3 is 1. The van der Waals surface area contributed by atoms with Crippen LogP contribution in [0.5, 0.6) is 11.9 Å². The molecule has 1 amide bonds. The molecule has 4 aliphatic rings. The van der Waals surface area contributed by atoms with Crippen molar-refractivity contribution in [3.8, 4) is 18.0 Å². The first-order chi connectivity index (χ1) is 19.4. The average molecular weight is 547 g/mol. The number of likely N-dealkylation sites (tertiary alicyclic amines) is 1. The Morgan fingerprint density at radius 2 is 1.85 bits per heavy atom. The van der Waals surface area contributed by atoms with Crippen molar-refractivity contribution in [2.75, 3.05) is 58.3 Å². The summed E-state index contributed by atoms with van der Waals surface area (Å²) in [5.41, 5.74) is 3.33. The number of hydrogen-bond donors (Lipinski definition) is 0. The van der Waals surface area contributed by atoms with Crippen LogP contribution in [0, 0.1) is 17.2 Å². The Hall–Kier alpha value is -3.64. The first kappa shape index (κ1) is 29.3. The van der Waals surface area contributed by atoms with Crippen LogP contribution < -0.4 is 14.4 Å². The molecule has 1 aromatic carbocycles. The zero-order valence-electron chi connectivity index (χ0n) is 24.4. The summed E-state index contributed by atoms with van der Waals surface area (Å²) in [5, 5.41) is 7.32. The molecule has 0 radical (unpaired) electrons. The van der Waals surface area contributed by atoms with Gasteiger partial charge in [0.25, 0.3) is 0 Å². The minimum atomic E-state index is -0.352. The first-order valence-electron chi connectivity index (χ1n) is 14.2. The molecule has 2 unspecified atom stereocenters. The average Bonchev–Trinajstić information content (AvgIpc) is 3.57. The van der Waals surface area contributed by atoms with Crippen LogP contribution >= 0.6 is 0 Å². The lowest BCUT2D eigenvalue weighted by Crippen LogP contribution is -2.49. The van der Waals surface area contributed by atoms with E-state index in [1.165, 1.54) is 50.1 Å². The van der Waals surface area contributed by atoms with Crippen LogP contribution in [0.25, 0.3) is 0 Å². The van der Waals surface area contributed by atoms with E-state index in [4.69, 9.17) is 14.7 Å². The summed E-state index contributed by atoms with van der Waals surface area (Å²) in [5.74, 6) is 1.83. The van der Waals surface area contributed by atoms with E-state index in [9.17, 15) is 4.79 Å². The summed E-state index contributed by atoms with van der Waals surface area (Å²) in [6.45, 7) is 12.6. The van der Waals surface area contributed by atoms with Gasteiger partial charge in [-0.15, -0.1) is 0 Å². The number of piperazine rings is 1. The number of nitriles is 1. The molecule has 6 rings (SSSR count). The van der Waals surface area contributed by atoms with Gasteiger partial charge in [-0.05, 0) is 69.4 Å². The smallest absolute Gasteiger partial charge is 0.321 e. The van der Waals surface area contributed by atoms with Gasteiger partial charge in [0, 0.05) is 39.0 Å². The van der Waals surface area contributed by atoms with E-state index >= 15 is 0 Å². The largest absolute Gasteiger partial charge is 0.467 e. The molecule has 3 aliphatic heterocycles. The van der Waals surface area contributed by atoms with Crippen molar-refractivity contribution in [2.45, 2.75) is 51.6 Å². The molecule has 0 N–H and O–H groups in total. The van der Waals surface area contributed by atoms with Crippen LogP contribution in [-0.4, -0.2) is 79.1 Å². The van der Waals surface area contributed by atoms with Crippen molar-refractivity contribution in [1.29, 1.82) is 5.26 Å². The SMILES string of the molecule is C=CC(=O)N1CCN(c2nc(OC)nc3c2CCC2(O3)c3ccccc3CC2C)CC1.CC#N.CN1CCCC1. The Morgan fingerprint density at radius 3 is 2.45 bits per heavy atom. The Labute approximate surface area is 238 Å². The van der Waals surface area contributed by atoms with Crippen molar-refractivity contribution in [1.82, 2.24) is 19.8 Å². The quantitative estimate of drug-likeness (QED) is 0.534.